The van der Waals surface area contributed by atoms with Gasteiger partial charge in [0.2, 0.25) is 0 Å². The summed E-state index contributed by atoms with van der Waals surface area (Å²) in [5, 5.41) is 0. The summed E-state index contributed by atoms with van der Waals surface area (Å²) < 4.78 is 25.1. The summed E-state index contributed by atoms with van der Waals surface area (Å²) >= 11 is 0. The van der Waals surface area contributed by atoms with Gasteiger partial charge in [-0.05, 0) is 49.5 Å². The lowest BCUT2D eigenvalue weighted by Crippen LogP contribution is -2.45. The Balaban J connectivity index is 1.39. The Kier molecular flexibility index (Phi) is 5.62. The number of hydrogen-bond acceptors (Lipinski definition) is 4. The van der Waals surface area contributed by atoms with Crippen molar-refractivity contribution in [1.29, 1.82) is 0 Å². The Labute approximate surface area is 160 Å². The predicted octanol–water partition coefficient (Wildman–Crippen LogP) is 3.78. The zero-order valence-corrected chi connectivity index (χ0v) is 16.1. The lowest BCUT2D eigenvalue weighted by Gasteiger charge is -2.42. The molecule has 2 aliphatic heterocycles. The first-order chi connectivity index (χ1) is 13.2. The van der Waals surface area contributed by atoms with Crippen molar-refractivity contribution in [3.8, 4) is 0 Å². The van der Waals surface area contributed by atoms with Gasteiger partial charge in [0.05, 0.1) is 19.4 Å². The van der Waals surface area contributed by atoms with Gasteiger partial charge in [0, 0.05) is 38.2 Å². The molecule has 1 aromatic heterocycles. The van der Waals surface area contributed by atoms with E-state index in [4.69, 9.17) is 9.15 Å². The molecule has 2 fully saturated rings. The molecule has 0 bridgehead atoms. The average molecular weight is 372 g/mol. The van der Waals surface area contributed by atoms with Gasteiger partial charge in [0.15, 0.2) is 0 Å². The average Bonchev–Trinajstić information content (AvgIpc) is 3.28. The normalized spacial score (nSPS) is 23.3. The first-order valence-electron chi connectivity index (χ1n) is 9.88. The third-order valence-corrected chi connectivity index (χ3v) is 6.41. The van der Waals surface area contributed by atoms with Crippen LogP contribution in [-0.2, 0) is 17.8 Å². The summed E-state index contributed by atoms with van der Waals surface area (Å²) in [5.74, 6) is 1.48. The van der Waals surface area contributed by atoms with E-state index in [9.17, 15) is 4.39 Å². The zero-order chi connectivity index (χ0) is 18.7. The molecule has 5 heteroatoms. The van der Waals surface area contributed by atoms with Crippen molar-refractivity contribution >= 4 is 0 Å². The van der Waals surface area contributed by atoms with Crippen LogP contribution in [0.5, 0.6) is 0 Å². The van der Waals surface area contributed by atoms with Crippen LogP contribution >= 0.6 is 0 Å². The van der Waals surface area contributed by atoms with Crippen molar-refractivity contribution in [2.75, 3.05) is 39.9 Å². The van der Waals surface area contributed by atoms with Crippen molar-refractivity contribution in [3.05, 3.63) is 59.8 Å². The number of methoxy groups -OCH3 is 1. The van der Waals surface area contributed by atoms with Gasteiger partial charge in [-0.3, -0.25) is 9.80 Å². The standard InChI is InChI=1S/C22H29FN2O2/c1-26-16-19-14-25(15-20-6-4-12-27-20)17-22(19)8-10-24(11-9-22)13-18-5-2-3-7-21(18)23/h2-7,12,19H,8-11,13-17H2,1H3. The van der Waals surface area contributed by atoms with E-state index < -0.39 is 0 Å². The van der Waals surface area contributed by atoms with E-state index in [1.807, 2.05) is 24.3 Å². The van der Waals surface area contributed by atoms with E-state index in [0.29, 0.717) is 17.9 Å². The highest BCUT2D eigenvalue weighted by atomic mass is 19.1. The zero-order valence-electron chi connectivity index (χ0n) is 16.1. The molecule has 146 valence electrons. The predicted molar refractivity (Wildman–Crippen MR) is 103 cm³/mol. The monoisotopic (exact) mass is 372 g/mol. The van der Waals surface area contributed by atoms with Crippen LogP contribution in [-0.4, -0.2) is 49.7 Å². The lowest BCUT2D eigenvalue weighted by atomic mass is 9.71. The largest absolute Gasteiger partial charge is 0.468 e. The molecule has 1 spiro atoms. The Morgan fingerprint density at radius 2 is 1.93 bits per heavy atom. The number of halogens is 1. The molecule has 2 saturated heterocycles. The minimum absolute atomic E-state index is 0.0967. The highest BCUT2D eigenvalue weighted by Gasteiger charge is 2.47. The fourth-order valence-corrected chi connectivity index (χ4v) is 4.91. The molecule has 0 aliphatic carbocycles. The number of nitrogens with zero attached hydrogens (tertiary/aromatic N) is 2. The number of piperidine rings is 1. The molecule has 2 aromatic rings. The van der Waals surface area contributed by atoms with Crippen LogP contribution in [0, 0.1) is 17.2 Å². The number of furan rings is 1. The first kappa shape index (κ1) is 18.7. The van der Waals surface area contributed by atoms with Crippen molar-refractivity contribution in [2.45, 2.75) is 25.9 Å². The maximum atomic E-state index is 14.0. The second-order valence-corrected chi connectivity index (χ2v) is 8.13. The fraction of sp³-hybridized carbons (Fsp3) is 0.545. The number of benzene rings is 1. The molecule has 1 atom stereocenters. The smallest absolute Gasteiger partial charge is 0.127 e. The van der Waals surface area contributed by atoms with Crippen LogP contribution in [0.3, 0.4) is 0 Å². The van der Waals surface area contributed by atoms with Crippen molar-refractivity contribution < 1.29 is 13.5 Å². The molecule has 0 amide bonds. The van der Waals surface area contributed by atoms with Crippen LogP contribution in [0.1, 0.15) is 24.2 Å². The third-order valence-electron chi connectivity index (χ3n) is 6.41. The molecule has 1 aromatic carbocycles. The van der Waals surface area contributed by atoms with Crippen LogP contribution in [0.2, 0.25) is 0 Å². The molecule has 3 heterocycles. The molecule has 0 radical (unpaired) electrons. The summed E-state index contributed by atoms with van der Waals surface area (Å²) in [4.78, 5) is 4.90. The minimum atomic E-state index is -0.0967. The lowest BCUT2D eigenvalue weighted by molar-refractivity contribution is 0.0347. The van der Waals surface area contributed by atoms with Gasteiger partial charge in [-0.15, -0.1) is 0 Å². The van der Waals surface area contributed by atoms with E-state index in [0.717, 1.165) is 63.5 Å². The summed E-state index contributed by atoms with van der Waals surface area (Å²) in [6, 6.07) is 11.1. The summed E-state index contributed by atoms with van der Waals surface area (Å²) in [5.41, 5.74) is 1.10. The van der Waals surface area contributed by atoms with Gasteiger partial charge in [0.25, 0.3) is 0 Å². The SMILES string of the molecule is COCC1CN(Cc2ccco2)CC12CCN(Cc1ccccc1F)CC2. The third kappa shape index (κ3) is 4.10. The van der Waals surface area contributed by atoms with Gasteiger partial charge in [-0.1, -0.05) is 18.2 Å². The Morgan fingerprint density at radius 1 is 1.11 bits per heavy atom. The van der Waals surface area contributed by atoms with Gasteiger partial charge in [0.1, 0.15) is 11.6 Å². The summed E-state index contributed by atoms with van der Waals surface area (Å²) in [6.07, 6.45) is 4.03. The second-order valence-electron chi connectivity index (χ2n) is 8.13. The van der Waals surface area contributed by atoms with Crippen molar-refractivity contribution in [1.82, 2.24) is 9.80 Å². The second kappa shape index (κ2) is 8.13. The molecule has 2 aliphatic rings. The van der Waals surface area contributed by atoms with E-state index in [-0.39, 0.29) is 5.82 Å². The maximum Gasteiger partial charge on any atom is 0.127 e. The van der Waals surface area contributed by atoms with Gasteiger partial charge in [-0.2, -0.15) is 0 Å². The summed E-state index contributed by atoms with van der Waals surface area (Å²) in [6.45, 7) is 6.56. The molecule has 1 unspecified atom stereocenters. The Bertz CT molecular complexity index is 726. The van der Waals surface area contributed by atoms with Crippen LogP contribution < -0.4 is 0 Å². The molecule has 4 nitrogen and oxygen atoms in total. The first-order valence-corrected chi connectivity index (χ1v) is 9.88. The molecular weight excluding hydrogens is 343 g/mol. The number of hydrogen-bond donors (Lipinski definition) is 0. The highest BCUT2D eigenvalue weighted by Crippen LogP contribution is 2.45. The van der Waals surface area contributed by atoms with E-state index in [1.54, 1.807) is 25.5 Å². The van der Waals surface area contributed by atoms with Gasteiger partial charge >= 0.3 is 0 Å². The molecule has 0 saturated carbocycles. The van der Waals surface area contributed by atoms with Crippen molar-refractivity contribution in [3.63, 3.8) is 0 Å². The van der Waals surface area contributed by atoms with Crippen molar-refractivity contribution in [2.24, 2.45) is 11.3 Å². The van der Waals surface area contributed by atoms with Crippen LogP contribution in [0.25, 0.3) is 0 Å². The topological polar surface area (TPSA) is 28.9 Å². The highest BCUT2D eigenvalue weighted by molar-refractivity contribution is 5.17. The molecule has 0 N–H and O–H groups in total. The fourth-order valence-electron chi connectivity index (χ4n) is 4.91. The quantitative estimate of drug-likeness (QED) is 0.772. The van der Waals surface area contributed by atoms with E-state index >= 15 is 0 Å². The van der Waals surface area contributed by atoms with Gasteiger partial charge in [-0.25, -0.2) is 4.39 Å². The minimum Gasteiger partial charge on any atom is -0.468 e. The van der Waals surface area contributed by atoms with Crippen LogP contribution in [0.4, 0.5) is 4.39 Å². The Hall–Kier alpha value is -1.69. The number of rotatable bonds is 6. The number of ether oxygens (including phenoxy) is 1. The number of likely N-dealkylation sites (tertiary alicyclic amines) is 2. The molecule has 4 rings (SSSR count). The van der Waals surface area contributed by atoms with E-state index in [2.05, 4.69) is 9.80 Å². The van der Waals surface area contributed by atoms with E-state index in [1.165, 1.54) is 0 Å². The molecule has 27 heavy (non-hydrogen) atoms. The van der Waals surface area contributed by atoms with Crippen LogP contribution in [0.15, 0.2) is 47.1 Å². The Morgan fingerprint density at radius 3 is 2.63 bits per heavy atom. The van der Waals surface area contributed by atoms with Gasteiger partial charge < -0.3 is 9.15 Å². The maximum absolute atomic E-state index is 14.0. The molecular formula is C22H29FN2O2. The summed E-state index contributed by atoms with van der Waals surface area (Å²) in [7, 11) is 1.80.